The van der Waals surface area contributed by atoms with Gasteiger partial charge in [-0.3, -0.25) is 0 Å². The third kappa shape index (κ3) is 4.03. The Labute approximate surface area is 114 Å². The van der Waals surface area contributed by atoms with Gasteiger partial charge in [-0.05, 0) is 24.3 Å². The van der Waals surface area contributed by atoms with E-state index in [9.17, 15) is 0 Å². The van der Waals surface area contributed by atoms with Crippen LogP contribution < -0.4 is 10.1 Å². The molecular weight excluding hydrogens is 240 g/mol. The van der Waals surface area contributed by atoms with E-state index < -0.39 is 0 Å². The third-order valence-electron chi connectivity index (χ3n) is 2.92. The number of hydrogen-bond donors (Lipinski definition) is 1. The van der Waals surface area contributed by atoms with Gasteiger partial charge in [0, 0.05) is 37.8 Å². The van der Waals surface area contributed by atoms with E-state index in [2.05, 4.69) is 16.0 Å². The molecule has 4 heteroatoms. The van der Waals surface area contributed by atoms with Crippen LogP contribution in [0.4, 0.5) is 5.69 Å². The minimum Gasteiger partial charge on any atom is -0.491 e. The van der Waals surface area contributed by atoms with Crippen molar-refractivity contribution in [2.24, 2.45) is 7.05 Å². The Hall–Kier alpha value is -1.94. The van der Waals surface area contributed by atoms with Crippen LogP contribution in [-0.4, -0.2) is 24.9 Å². The summed E-state index contributed by atoms with van der Waals surface area (Å²) in [4.78, 5) is 0. The monoisotopic (exact) mass is 260 g/mol. The molecule has 1 aromatic carbocycles. The van der Waals surface area contributed by atoms with Crippen molar-refractivity contribution in [2.75, 3.05) is 25.6 Å². The number of hydrogen-bond acceptors (Lipinski definition) is 3. The fourth-order valence-electron chi connectivity index (χ4n) is 1.81. The van der Waals surface area contributed by atoms with E-state index in [0.717, 1.165) is 18.0 Å². The van der Waals surface area contributed by atoms with E-state index in [1.807, 2.05) is 43.6 Å². The number of aryl methyl sites for hydroxylation is 1. The van der Waals surface area contributed by atoms with Crippen LogP contribution in [0.3, 0.4) is 0 Å². The van der Waals surface area contributed by atoms with Crippen molar-refractivity contribution in [3.05, 3.63) is 48.3 Å². The lowest BCUT2D eigenvalue weighted by Gasteiger charge is -2.10. The standard InChI is InChI=1S/C15H20N2O2/c1-17-8-4-6-14(17)12-16-13-5-3-7-15(11-13)19-10-9-18-2/h3-8,11,16H,9-10,12H2,1-2H3. The molecule has 0 saturated carbocycles. The van der Waals surface area contributed by atoms with Crippen LogP contribution in [0.1, 0.15) is 5.69 Å². The molecule has 102 valence electrons. The number of nitrogens with one attached hydrogen (secondary N) is 1. The molecule has 0 aliphatic heterocycles. The Morgan fingerprint density at radius 3 is 2.79 bits per heavy atom. The Morgan fingerprint density at radius 2 is 2.05 bits per heavy atom. The van der Waals surface area contributed by atoms with Crippen LogP contribution in [0.15, 0.2) is 42.6 Å². The summed E-state index contributed by atoms with van der Waals surface area (Å²) in [6.07, 6.45) is 2.04. The summed E-state index contributed by atoms with van der Waals surface area (Å²) in [5.41, 5.74) is 2.29. The maximum absolute atomic E-state index is 5.58. The van der Waals surface area contributed by atoms with Gasteiger partial charge in [0.25, 0.3) is 0 Å². The van der Waals surface area contributed by atoms with E-state index in [1.165, 1.54) is 5.69 Å². The highest BCUT2D eigenvalue weighted by atomic mass is 16.5. The molecule has 0 radical (unpaired) electrons. The molecule has 19 heavy (non-hydrogen) atoms. The van der Waals surface area contributed by atoms with Gasteiger partial charge in [0.05, 0.1) is 13.2 Å². The van der Waals surface area contributed by atoms with Crippen molar-refractivity contribution in [1.82, 2.24) is 4.57 Å². The van der Waals surface area contributed by atoms with Gasteiger partial charge in [-0.1, -0.05) is 6.07 Å². The molecule has 0 atom stereocenters. The second-order valence-corrected chi connectivity index (χ2v) is 4.33. The van der Waals surface area contributed by atoms with Gasteiger partial charge in [0.1, 0.15) is 12.4 Å². The number of benzene rings is 1. The minimum absolute atomic E-state index is 0.567. The zero-order valence-electron chi connectivity index (χ0n) is 11.4. The molecule has 2 rings (SSSR count). The average Bonchev–Trinajstić information content (AvgIpc) is 2.83. The van der Waals surface area contributed by atoms with Crippen molar-refractivity contribution in [1.29, 1.82) is 0 Å². The first-order chi connectivity index (χ1) is 9.29. The number of ether oxygens (including phenoxy) is 2. The Bertz CT molecular complexity index is 508. The van der Waals surface area contributed by atoms with Crippen LogP contribution >= 0.6 is 0 Å². The Morgan fingerprint density at radius 1 is 1.16 bits per heavy atom. The average molecular weight is 260 g/mol. The maximum atomic E-state index is 5.58. The Balaban J connectivity index is 1.90. The quantitative estimate of drug-likeness (QED) is 0.777. The van der Waals surface area contributed by atoms with E-state index in [-0.39, 0.29) is 0 Å². The maximum Gasteiger partial charge on any atom is 0.121 e. The highest BCUT2D eigenvalue weighted by molar-refractivity contribution is 5.48. The summed E-state index contributed by atoms with van der Waals surface area (Å²) in [7, 11) is 3.71. The SMILES string of the molecule is COCCOc1cccc(NCc2cccn2C)c1. The minimum atomic E-state index is 0.567. The topological polar surface area (TPSA) is 35.4 Å². The van der Waals surface area contributed by atoms with Crippen LogP contribution in [0.25, 0.3) is 0 Å². The highest BCUT2D eigenvalue weighted by Gasteiger charge is 1.99. The van der Waals surface area contributed by atoms with Crippen molar-refractivity contribution >= 4 is 5.69 Å². The summed E-state index contributed by atoms with van der Waals surface area (Å²) < 4.78 is 12.6. The zero-order valence-corrected chi connectivity index (χ0v) is 11.4. The molecule has 0 bridgehead atoms. The molecule has 4 nitrogen and oxygen atoms in total. The van der Waals surface area contributed by atoms with E-state index >= 15 is 0 Å². The predicted molar refractivity (Wildman–Crippen MR) is 76.6 cm³/mol. The van der Waals surface area contributed by atoms with Gasteiger partial charge in [0.2, 0.25) is 0 Å². The van der Waals surface area contributed by atoms with Crippen LogP contribution in [-0.2, 0) is 18.3 Å². The molecule has 0 aliphatic rings. The summed E-state index contributed by atoms with van der Waals surface area (Å²) in [5, 5.41) is 3.39. The first kappa shape index (κ1) is 13.5. The molecule has 0 unspecified atom stereocenters. The van der Waals surface area contributed by atoms with E-state index in [4.69, 9.17) is 9.47 Å². The molecule has 1 heterocycles. The second kappa shape index (κ2) is 6.85. The number of nitrogens with zero attached hydrogens (tertiary/aromatic N) is 1. The molecule has 2 aromatic rings. The lowest BCUT2D eigenvalue weighted by Crippen LogP contribution is -2.06. The van der Waals surface area contributed by atoms with Gasteiger partial charge in [-0.25, -0.2) is 0 Å². The van der Waals surface area contributed by atoms with Gasteiger partial charge in [-0.2, -0.15) is 0 Å². The molecular formula is C15H20N2O2. The normalized spacial score (nSPS) is 10.4. The van der Waals surface area contributed by atoms with Crippen molar-refractivity contribution in [3.63, 3.8) is 0 Å². The van der Waals surface area contributed by atoms with Gasteiger partial charge in [-0.15, -0.1) is 0 Å². The summed E-state index contributed by atoms with van der Waals surface area (Å²) >= 11 is 0. The van der Waals surface area contributed by atoms with E-state index in [0.29, 0.717) is 13.2 Å². The number of aromatic nitrogens is 1. The first-order valence-electron chi connectivity index (χ1n) is 6.35. The van der Waals surface area contributed by atoms with Crippen LogP contribution in [0, 0.1) is 0 Å². The third-order valence-corrected chi connectivity index (χ3v) is 2.92. The smallest absolute Gasteiger partial charge is 0.121 e. The molecule has 0 spiro atoms. The molecule has 0 saturated heterocycles. The summed E-state index contributed by atoms with van der Waals surface area (Å²) in [5.74, 6) is 0.855. The fourth-order valence-corrected chi connectivity index (χ4v) is 1.81. The zero-order chi connectivity index (χ0) is 13.5. The molecule has 0 fully saturated rings. The van der Waals surface area contributed by atoms with Gasteiger partial charge < -0.3 is 19.4 Å². The summed E-state index contributed by atoms with van der Waals surface area (Å²) in [6, 6.07) is 12.1. The molecule has 1 aromatic heterocycles. The van der Waals surface area contributed by atoms with Crippen molar-refractivity contribution in [3.8, 4) is 5.75 Å². The van der Waals surface area contributed by atoms with Crippen molar-refractivity contribution in [2.45, 2.75) is 6.54 Å². The fraction of sp³-hybridized carbons (Fsp3) is 0.333. The molecule has 0 amide bonds. The largest absolute Gasteiger partial charge is 0.491 e. The van der Waals surface area contributed by atoms with E-state index in [1.54, 1.807) is 7.11 Å². The number of methoxy groups -OCH3 is 1. The summed E-state index contributed by atoms with van der Waals surface area (Å²) in [6.45, 7) is 1.96. The highest BCUT2D eigenvalue weighted by Crippen LogP contribution is 2.18. The first-order valence-corrected chi connectivity index (χ1v) is 6.35. The van der Waals surface area contributed by atoms with Gasteiger partial charge >= 0.3 is 0 Å². The Kier molecular flexibility index (Phi) is 4.86. The van der Waals surface area contributed by atoms with Crippen molar-refractivity contribution < 1.29 is 9.47 Å². The molecule has 1 N–H and O–H groups in total. The number of rotatable bonds is 7. The van der Waals surface area contributed by atoms with Crippen LogP contribution in [0.5, 0.6) is 5.75 Å². The number of anilines is 1. The van der Waals surface area contributed by atoms with Crippen LogP contribution in [0.2, 0.25) is 0 Å². The van der Waals surface area contributed by atoms with Gasteiger partial charge in [0.15, 0.2) is 0 Å². The lowest BCUT2D eigenvalue weighted by atomic mass is 10.3. The second-order valence-electron chi connectivity index (χ2n) is 4.33. The lowest BCUT2D eigenvalue weighted by molar-refractivity contribution is 0.146. The predicted octanol–water partition coefficient (Wildman–Crippen LogP) is 2.66. The molecule has 0 aliphatic carbocycles.